The summed E-state index contributed by atoms with van der Waals surface area (Å²) in [6.45, 7) is 1.81. The molecule has 1 N–H and O–H groups in total. The number of hydrogen-bond donors (Lipinski definition) is 1. The molecule has 2 aromatic rings. The van der Waals surface area contributed by atoms with Crippen LogP contribution in [0, 0.1) is 11.6 Å². The first-order chi connectivity index (χ1) is 9.74. The summed E-state index contributed by atoms with van der Waals surface area (Å²) in [5, 5.41) is 4.09. The molecule has 0 aliphatic carbocycles. The van der Waals surface area contributed by atoms with Crippen molar-refractivity contribution in [3.05, 3.63) is 40.1 Å². The molecule has 0 atom stereocenters. The number of sulfonamides is 1. The summed E-state index contributed by atoms with van der Waals surface area (Å²) in [6, 6.07) is 1.41. The molecule has 0 spiro atoms. The predicted molar refractivity (Wildman–Crippen MR) is 77.5 cm³/mol. The first-order valence-corrected chi connectivity index (χ1v) is 8.22. The molecule has 0 radical (unpaired) electrons. The second kappa shape index (κ2) is 5.72. The number of aromatic nitrogens is 2. The van der Waals surface area contributed by atoms with E-state index in [1.807, 2.05) is 6.92 Å². The van der Waals surface area contributed by atoms with Crippen molar-refractivity contribution in [1.29, 1.82) is 0 Å². The van der Waals surface area contributed by atoms with E-state index in [-0.39, 0.29) is 10.2 Å². The highest BCUT2D eigenvalue weighted by molar-refractivity contribution is 9.10. The second-order valence-electron chi connectivity index (χ2n) is 4.32. The van der Waals surface area contributed by atoms with Gasteiger partial charge in [-0.3, -0.25) is 9.40 Å². The number of anilines is 1. The van der Waals surface area contributed by atoms with Crippen molar-refractivity contribution in [3.8, 4) is 0 Å². The maximum Gasteiger partial charge on any atom is 0.266 e. The Morgan fingerprint density at radius 3 is 2.62 bits per heavy atom. The van der Waals surface area contributed by atoms with Crippen LogP contribution in [0.15, 0.2) is 27.7 Å². The quantitative estimate of drug-likeness (QED) is 0.887. The molecule has 0 bridgehead atoms. The summed E-state index contributed by atoms with van der Waals surface area (Å²) >= 11 is 2.87. The minimum atomic E-state index is -4.20. The van der Waals surface area contributed by atoms with Crippen LogP contribution in [-0.4, -0.2) is 18.2 Å². The molecular formula is C12H12BrF2N3O2S. The zero-order chi connectivity index (χ0) is 15.8. The third kappa shape index (κ3) is 3.24. The van der Waals surface area contributed by atoms with Gasteiger partial charge in [-0.05, 0) is 28.4 Å². The van der Waals surface area contributed by atoms with Gasteiger partial charge < -0.3 is 0 Å². The van der Waals surface area contributed by atoms with Crippen LogP contribution in [0.2, 0.25) is 0 Å². The van der Waals surface area contributed by atoms with Crippen LogP contribution in [0.4, 0.5) is 14.5 Å². The number of halogens is 3. The van der Waals surface area contributed by atoms with Gasteiger partial charge in [0, 0.05) is 23.8 Å². The first-order valence-electron chi connectivity index (χ1n) is 5.94. The van der Waals surface area contributed by atoms with E-state index < -0.39 is 26.6 Å². The van der Waals surface area contributed by atoms with Gasteiger partial charge in [0.2, 0.25) is 0 Å². The zero-order valence-corrected chi connectivity index (χ0v) is 13.6. The van der Waals surface area contributed by atoms with Gasteiger partial charge in [0.05, 0.1) is 11.4 Å². The Labute approximate surface area is 129 Å². The number of hydrogen-bond acceptors (Lipinski definition) is 3. The van der Waals surface area contributed by atoms with Gasteiger partial charge >= 0.3 is 0 Å². The van der Waals surface area contributed by atoms with Gasteiger partial charge in [0.25, 0.3) is 10.0 Å². The maximum absolute atomic E-state index is 13.8. The van der Waals surface area contributed by atoms with E-state index in [0.717, 1.165) is 6.07 Å². The van der Waals surface area contributed by atoms with E-state index in [2.05, 4.69) is 25.8 Å². The summed E-state index contributed by atoms with van der Waals surface area (Å²) in [5.41, 5.74) is 0.787. The molecule has 21 heavy (non-hydrogen) atoms. The Hall–Kier alpha value is -1.48. The Balaban J connectivity index is 2.48. The Morgan fingerprint density at radius 2 is 2.05 bits per heavy atom. The average molecular weight is 380 g/mol. The highest BCUT2D eigenvalue weighted by atomic mass is 79.9. The normalized spacial score (nSPS) is 11.7. The second-order valence-corrected chi connectivity index (χ2v) is 6.79. The fourth-order valence-corrected chi connectivity index (χ4v) is 4.10. The van der Waals surface area contributed by atoms with Gasteiger partial charge in [0.15, 0.2) is 0 Å². The molecule has 114 valence electrons. The van der Waals surface area contributed by atoms with E-state index in [0.29, 0.717) is 18.2 Å². The molecule has 5 nitrogen and oxygen atoms in total. The number of aryl methyl sites for hydroxylation is 2. The van der Waals surface area contributed by atoms with E-state index in [9.17, 15) is 17.2 Å². The zero-order valence-electron chi connectivity index (χ0n) is 11.2. The minimum absolute atomic E-state index is 0.186. The van der Waals surface area contributed by atoms with Crippen molar-refractivity contribution in [3.63, 3.8) is 0 Å². The Morgan fingerprint density at radius 1 is 1.38 bits per heavy atom. The van der Waals surface area contributed by atoms with Crippen LogP contribution in [0.1, 0.15) is 12.6 Å². The lowest BCUT2D eigenvalue weighted by Crippen LogP contribution is -2.16. The average Bonchev–Trinajstić information content (AvgIpc) is 2.66. The van der Waals surface area contributed by atoms with Gasteiger partial charge in [-0.15, -0.1) is 0 Å². The molecule has 0 fully saturated rings. The molecule has 0 aliphatic heterocycles. The molecule has 0 unspecified atom stereocenters. The van der Waals surface area contributed by atoms with E-state index >= 15 is 0 Å². The number of rotatable bonds is 4. The molecule has 0 amide bonds. The molecule has 2 rings (SSSR count). The Kier molecular flexibility index (Phi) is 4.33. The van der Waals surface area contributed by atoms with Crippen LogP contribution in [-0.2, 0) is 23.5 Å². The summed E-state index contributed by atoms with van der Waals surface area (Å²) in [7, 11) is -2.56. The summed E-state index contributed by atoms with van der Waals surface area (Å²) < 4.78 is 55.0. The van der Waals surface area contributed by atoms with Crippen LogP contribution in [0.25, 0.3) is 0 Å². The predicted octanol–water partition coefficient (Wildman–Crippen LogP) is 2.82. The third-order valence-electron chi connectivity index (χ3n) is 2.72. The van der Waals surface area contributed by atoms with E-state index in [1.165, 1.54) is 10.9 Å². The van der Waals surface area contributed by atoms with E-state index in [1.54, 1.807) is 7.05 Å². The lowest BCUT2D eigenvalue weighted by atomic mass is 10.3. The van der Waals surface area contributed by atoms with Crippen molar-refractivity contribution in [1.82, 2.24) is 9.78 Å². The number of benzene rings is 1. The maximum atomic E-state index is 13.8. The lowest BCUT2D eigenvalue weighted by molar-refractivity contribution is 0.548. The molecule has 1 heterocycles. The van der Waals surface area contributed by atoms with Gasteiger partial charge in [-0.25, -0.2) is 17.2 Å². The molecular weight excluding hydrogens is 368 g/mol. The highest BCUT2D eigenvalue weighted by Gasteiger charge is 2.25. The molecule has 1 aromatic carbocycles. The Bertz CT molecular complexity index is 767. The standard InChI is InChI=1S/C12H12BrF2N3O2S/c1-3-10-11(6-18(2)16-10)17-21(19,20)12-8(13)4-7(14)5-9(12)15/h4-6,17H,3H2,1-2H3. The van der Waals surface area contributed by atoms with Gasteiger partial charge in [-0.2, -0.15) is 5.10 Å². The fourth-order valence-electron chi connectivity index (χ4n) is 1.86. The van der Waals surface area contributed by atoms with Crippen molar-refractivity contribution in [2.75, 3.05) is 4.72 Å². The number of nitrogens with zero attached hydrogens (tertiary/aromatic N) is 2. The summed E-state index contributed by atoms with van der Waals surface area (Å²) in [6.07, 6.45) is 1.98. The monoisotopic (exact) mass is 379 g/mol. The van der Waals surface area contributed by atoms with Crippen molar-refractivity contribution in [2.45, 2.75) is 18.2 Å². The summed E-state index contributed by atoms with van der Waals surface area (Å²) in [5.74, 6) is -2.04. The van der Waals surface area contributed by atoms with Crippen LogP contribution >= 0.6 is 15.9 Å². The van der Waals surface area contributed by atoms with Crippen LogP contribution in [0.3, 0.4) is 0 Å². The fraction of sp³-hybridized carbons (Fsp3) is 0.250. The SMILES string of the molecule is CCc1nn(C)cc1NS(=O)(=O)c1c(F)cc(F)cc1Br. The van der Waals surface area contributed by atoms with Gasteiger partial charge in [0.1, 0.15) is 16.5 Å². The molecule has 0 aliphatic rings. The number of nitrogens with one attached hydrogen (secondary N) is 1. The molecule has 1 aromatic heterocycles. The van der Waals surface area contributed by atoms with E-state index in [4.69, 9.17) is 0 Å². The van der Waals surface area contributed by atoms with Crippen LogP contribution < -0.4 is 4.72 Å². The largest absolute Gasteiger partial charge is 0.276 e. The lowest BCUT2D eigenvalue weighted by Gasteiger charge is -2.10. The molecule has 0 saturated heterocycles. The first kappa shape index (κ1) is 15.9. The minimum Gasteiger partial charge on any atom is -0.276 e. The van der Waals surface area contributed by atoms with Gasteiger partial charge in [-0.1, -0.05) is 6.92 Å². The van der Waals surface area contributed by atoms with Crippen LogP contribution in [0.5, 0.6) is 0 Å². The topological polar surface area (TPSA) is 64.0 Å². The smallest absolute Gasteiger partial charge is 0.266 e. The summed E-state index contributed by atoms with van der Waals surface area (Å²) in [4.78, 5) is -0.644. The molecule has 0 saturated carbocycles. The molecule has 9 heteroatoms. The van der Waals surface area contributed by atoms with Crippen molar-refractivity contribution in [2.24, 2.45) is 7.05 Å². The van der Waals surface area contributed by atoms with Crippen molar-refractivity contribution >= 4 is 31.6 Å². The highest BCUT2D eigenvalue weighted by Crippen LogP contribution is 2.28. The third-order valence-corrected chi connectivity index (χ3v) is 5.05. The van der Waals surface area contributed by atoms with Crippen molar-refractivity contribution < 1.29 is 17.2 Å².